The lowest BCUT2D eigenvalue weighted by Gasteiger charge is -2.15. The highest BCUT2D eigenvalue weighted by atomic mass is 35.5. The van der Waals surface area contributed by atoms with Crippen molar-refractivity contribution >= 4 is 43.0 Å². The van der Waals surface area contributed by atoms with Crippen LogP contribution in [0.1, 0.15) is 24.1 Å². The molecule has 1 fully saturated rings. The molecule has 0 spiro atoms. The van der Waals surface area contributed by atoms with E-state index in [9.17, 15) is 0 Å². The van der Waals surface area contributed by atoms with Crippen molar-refractivity contribution in [1.82, 2.24) is 10.3 Å². The zero-order chi connectivity index (χ0) is 10.9. The number of rotatable bonds is 4. The zero-order valence-electron chi connectivity index (χ0n) is 10.9. The Bertz CT molecular complexity index is 368. The molecule has 1 aromatic rings. The van der Waals surface area contributed by atoms with Gasteiger partial charge in [0.1, 0.15) is 5.82 Å². The molecule has 2 N–H and O–H groups in total. The third-order valence-electron chi connectivity index (χ3n) is 3.34. The standard InChI is InChI=1S/C12H19N3.3ClH/c1-9-4-5-11(15-10(9)2)14-8-12(13-3)6-7-12;;;/h4-5,13H,6-8H2,1-3H3,(H,14,15);3*1H. The normalized spacial score (nSPS) is 14.6. The molecule has 18 heavy (non-hydrogen) atoms. The molecular formula is C12H22Cl3N3. The van der Waals surface area contributed by atoms with Crippen molar-refractivity contribution in [1.29, 1.82) is 0 Å². The number of hydrogen-bond acceptors (Lipinski definition) is 3. The summed E-state index contributed by atoms with van der Waals surface area (Å²) in [6.45, 7) is 5.10. The molecule has 1 aromatic heterocycles. The van der Waals surface area contributed by atoms with Crippen LogP contribution in [0, 0.1) is 13.8 Å². The topological polar surface area (TPSA) is 37.0 Å². The summed E-state index contributed by atoms with van der Waals surface area (Å²) in [5.74, 6) is 0.986. The van der Waals surface area contributed by atoms with Gasteiger partial charge in [0.15, 0.2) is 0 Å². The van der Waals surface area contributed by atoms with E-state index in [1.54, 1.807) is 0 Å². The van der Waals surface area contributed by atoms with Gasteiger partial charge in [-0.25, -0.2) is 4.98 Å². The maximum Gasteiger partial charge on any atom is 0.126 e. The fraction of sp³-hybridized carbons (Fsp3) is 0.583. The highest BCUT2D eigenvalue weighted by Gasteiger charge is 2.40. The van der Waals surface area contributed by atoms with Gasteiger partial charge in [-0.15, -0.1) is 37.2 Å². The molecule has 2 rings (SSSR count). The Balaban J connectivity index is 0. The molecule has 3 nitrogen and oxygen atoms in total. The van der Waals surface area contributed by atoms with Gasteiger partial charge in [0.2, 0.25) is 0 Å². The summed E-state index contributed by atoms with van der Waals surface area (Å²) in [6.07, 6.45) is 2.53. The molecule has 0 atom stereocenters. The quantitative estimate of drug-likeness (QED) is 0.896. The molecule has 0 amide bonds. The summed E-state index contributed by atoms with van der Waals surface area (Å²) >= 11 is 0. The molecule has 1 heterocycles. The lowest BCUT2D eigenvalue weighted by atomic mass is 10.2. The van der Waals surface area contributed by atoms with Gasteiger partial charge in [-0.05, 0) is 45.4 Å². The predicted octanol–water partition coefficient (Wildman–Crippen LogP) is 3.13. The average molecular weight is 315 g/mol. The van der Waals surface area contributed by atoms with Crippen molar-refractivity contribution in [3.8, 4) is 0 Å². The molecule has 1 saturated carbocycles. The van der Waals surface area contributed by atoms with Crippen LogP contribution in [0.5, 0.6) is 0 Å². The second-order valence-electron chi connectivity index (χ2n) is 4.48. The van der Waals surface area contributed by atoms with Crippen LogP contribution >= 0.6 is 37.2 Å². The maximum atomic E-state index is 4.50. The van der Waals surface area contributed by atoms with Crippen molar-refractivity contribution in [2.24, 2.45) is 0 Å². The van der Waals surface area contributed by atoms with Crippen molar-refractivity contribution < 1.29 is 0 Å². The fourth-order valence-electron chi connectivity index (χ4n) is 1.65. The molecule has 0 saturated heterocycles. The minimum atomic E-state index is 0. The van der Waals surface area contributed by atoms with E-state index < -0.39 is 0 Å². The third kappa shape index (κ3) is 4.81. The lowest BCUT2D eigenvalue weighted by Crippen LogP contribution is -2.35. The van der Waals surface area contributed by atoms with Crippen LogP contribution in [0.4, 0.5) is 5.82 Å². The van der Waals surface area contributed by atoms with Crippen molar-refractivity contribution in [2.75, 3.05) is 18.9 Å². The summed E-state index contributed by atoms with van der Waals surface area (Å²) in [5, 5.41) is 6.75. The number of anilines is 1. The Morgan fingerprint density at radius 1 is 1.17 bits per heavy atom. The average Bonchev–Trinajstić information content (AvgIpc) is 3.01. The van der Waals surface area contributed by atoms with Gasteiger partial charge in [0.25, 0.3) is 0 Å². The van der Waals surface area contributed by atoms with Gasteiger partial charge in [0.05, 0.1) is 0 Å². The van der Waals surface area contributed by atoms with E-state index in [0.717, 1.165) is 18.1 Å². The number of hydrogen-bond donors (Lipinski definition) is 2. The van der Waals surface area contributed by atoms with Gasteiger partial charge in [0, 0.05) is 17.8 Å². The van der Waals surface area contributed by atoms with E-state index in [4.69, 9.17) is 0 Å². The smallest absolute Gasteiger partial charge is 0.126 e. The number of nitrogens with one attached hydrogen (secondary N) is 2. The Hall–Kier alpha value is -0.220. The van der Waals surface area contributed by atoms with E-state index in [0.29, 0.717) is 5.54 Å². The van der Waals surface area contributed by atoms with E-state index in [1.165, 1.54) is 18.4 Å². The van der Waals surface area contributed by atoms with Gasteiger partial charge in [-0.3, -0.25) is 0 Å². The zero-order valence-corrected chi connectivity index (χ0v) is 13.4. The first kappa shape index (κ1) is 20.1. The molecule has 1 aliphatic carbocycles. The van der Waals surface area contributed by atoms with Crippen LogP contribution in [-0.2, 0) is 0 Å². The highest BCUT2D eigenvalue weighted by molar-refractivity contribution is 5.86. The SMILES string of the molecule is CNC1(CNc2ccc(C)c(C)n2)CC1.Cl.Cl.Cl. The minimum absolute atomic E-state index is 0. The van der Waals surface area contributed by atoms with Crippen molar-refractivity contribution in [3.63, 3.8) is 0 Å². The number of pyridine rings is 1. The summed E-state index contributed by atoms with van der Waals surface area (Å²) in [5.41, 5.74) is 2.69. The van der Waals surface area contributed by atoms with Crippen LogP contribution in [0.3, 0.4) is 0 Å². The molecule has 0 aromatic carbocycles. The van der Waals surface area contributed by atoms with Crippen LogP contribution in [0.2, 0.25) is 0 Å². The molecule has 1 aliphatic rings. The summed E-state index contributed by atoms with van der Waals surface area (Å²) in [7, 11) is 2.03. The van der Waals surface area contributed by atoms with E-state index in [1.807, 2.05) is 20.0 Å². The number of likely N-dealkylation sites (N-methyl/N-ethyl adjacent to an activating group) is 1. The first-order valence-electron chi connectivity index (χ1n) is 5.52. The molecular weight excluding hydrogens is 293 g/mol. The van der Waals surface area contributed by atoms with Gasteiger partial charge < -0.3 is 10.6 Å². The monoisotopic (exact) mass is 313 g/mol. The first-order chi connectivity index (χ1) is 7.15. The lowest BCUT2D eigenvalue weighted by molar-refractivity contribution is 0.577. The summed E-state index contributed by atoms with van der Waals surface area (Å²) in [6, 6.07) is 4.16. The number of halogens is 3. The van der Waals surface area contributed by atoms with Crippen LogP contribution < -0.4 is 10.6 Å². The largest absolute Gasteiger partial charge is 0.368 e. The summed E-state index contributed by atoms with van der Waals surface area (Å²) in [4.78, 5) is 4.50. The first-order valence-corrected chi connectivity index (χ1v) is 5.52. The predicted molar refractivity (Wildman–Crippen MR) is 85.0 cm³/mol. The van der Waals surface area contributed by atoms with Crippen LogP contribution in [-0.4, -0.2) is 24.1 Å². The van der Waals surface area contributed by atoms with Crippen molar-refractivity contribution in [2.45, 2.75) is 32.2 Å². The Morgan fingerprint density at radius 2 is 1.78 bits per heavy atom. The molecule has 6 heteroatoms. The highest BCUT2D eigenvalue weighted by Crippen LogP contribution is 2.34. The Labute approximate surface area is 128 Å². The third-order valence-corrected chi connectivity index (χ3v) is 3.34. The molecule has 0 bridgehead atoms. The number of nitrogens with zero attached hydrogens (tertiary/aromatic N) is 1. The van der Waals surface area contributed by atoms with E-state index in [-0.39, 0.29) is 37.2 Å². The summed E-state index contributed by atoms with van der Waals surface area (Å²) < 4.78 is 0. The van der Waals surface area contributed by atoms with E-state index >= 15 is 0 Å². The van der Waals surface area contributed by atoms with Gasteiger partial charge in [-0.1, -0.05) is 6.07 Å². The minimum Gasteiger partial charge on any atom is -0.368 e. The number of aromatic nitrogens is 1. The fourth-order valence-corrected chi connectivity index (χ4v) is 1.65. The Kier molecular flexibility index (Phi) is 8.99. The van der Waals surface area contributed by atoms with E-state index in [2.05, 4.69) is 28.6 Å². The molecule has 0 radical (unpaired) electrons. The maximum absolute atomic E-state index is 4.50. The Morgan fingerprint density at radius 3 is 2.22 bits per heavy atom. The van der Waals surface area contributed by atoms with Crippen molar-refractivity contribution in [3.05, 3.63) is 23.4 Å². The molecule has 0 unspecified atom stereocenters. The molecule has 0 aliphatic heterocycles. The molecule has 106 valence electrons. The second kappa shape index (κ2) is 8.05. The number of aryl methyl sites for hydroxylation is 2. The van der Waals surface area contributed by atoms with Gasteiger partial charge >= 0.3 is 0 Å². The van der Waals surface area contributed by atoms with Crippen LogP contribution in [0.25, 0.3) is 0 Å². The second-order valence-corrected chi connectivity index (χ2v) is 4.48. The van der Waals surface area contributed by atoms with Gasteiger partial charge in [-0.2, -0.15) is 0 Å². The van der Waals surface area contributed by atoms with Crippen LogP contribution in [0.15, 0.2) is 12.1 Å².